The Balaban J connectivity index is 1.31. The minimum Gasteiger partial charge on any atom is -0.381 e. The molecule has 2 aliphatic heterocycles. The van der Waals surface area contributed by atoms with Crippen molar-refractivity contribution in [1.29, 1.82) is 0 Å². The zero-order valence-corrected chi connectivity index (χ0v) is 13.8. The summed E-state index contributed by atoms with van der Waals surface area (Å²) < 4.78 is 10.8. The van der Waals surface area contributed by atoms with Gasteiger partial charge in [-0.15, -0.1) is 0 Å². The van der Waals surface area contributed by atoms with E-state index in [4.69, 9.17) is 9.47 Å². The zero-order chi connectivity index (χ0) is 15.3. The average molecular weight is 310 g/mol. The zero-order valence-electron chi connectivity index (χ0n) is 13.8. The first-order valence-electron chi connectivity index (χ1n) is 8.65. The summed E-state index contributed by atoms with van der Waals surface area (Å²) in [5.74, 6) is 1.73. The lowest BCUT2D eigenvalue weighted by Crippen LogP contribution is -2.45. The molecule has 2 saturated heterocycles. The molecule has 3 rings (SSSR count). The number of morpholine rings is 1. The molecule has 6 heteroatoms. The van der Waals surface area contributed by atoms with Gasteiger partial charge in [0.25, 0.3) is 0 Å². The molecule has 0 radical (unpaired) electrons. The van der Waals surface area contributed by atoms with Crippen molar-refractivity contribution in [3.05, 3.63) is 0 Å². The molecule has 6 nitrogen and oxygen atoms in total. The summed E-state index contributed by atoms with van der Waals surface area (Å²) in [6.07, 6.45) is 3.83. The molecule has 0 aromatic carbocycles. The fraction of sp³-hybridized carbons (Fsp3) is 0.938. The van der Waals surface area contributed by atoms with E-state index in [2.05, 4.69) is 20.5 Å². The standard InChI is InChI=1S/C16H30N4O2/c1-17-15(18-4-5-20-6-10-22-11-7-20)19-13-14-12-16(14)2-8-21-9-3-16/h14H,2-13H2,1H3,(H2,17,18,19). The normalized spacial score (nSPS) is 28.6. The first-order chi connectivity index (χ1) is 10.8. The third-order valence-electron chi connectivity index (χ3n) is 5.41. The van der Waals surface area contributed by atoms with E-state index in [1.807, 2.05) is 7.05 Å². The molecule has 2 N–H and O–H groups in total. The van der Waals surface area contributed by atoms with Gasteiger partial charge in [0.1, 0.15) is 0 Å². The molecule has 1 atom stereocenters. The number of hydrogen-bond acceptors (Lipinski definition) is 4. The van der Waals surface area contributed by atoms with Crippen LogP contribution < -0.4 is 10.6 Å². The van der Waals surface area contributed by atoms with Crippen LogP contribution in [0.3, 0.4) is 0 Å². The molecular formula is C16H30N4O2. The van der Waals surface area contributed by atoms with Crippen LogP contribution in [0.1, 0.15) is 19.3 Å². The molecule has 1 aliphatic carbocycles. The van der Waals surface area contributed by atoms with E-state index in [1.54, 1.807) is 0 Å². The Hall–Kier alpha value is -0.850. The van der Waals surface area contributed by atoms with E-state index in [1.165, 1.54) is 19.3 Å². The molecule has 0 aromatic rings. The lowest BCUT2D eigenvalue weighted by Gasteiger charge is -2.27. The average Bonchev–Trinajstić information content (AvgIpc) is 3.24. The fourth-order valence-electron chi connectivity index (χ4n) is 3.71. The Bertz CT molecular complexity index is 376. The van der Waals surface area contributed by atoms with Crippen molar-refractivity contribution < 1.29 is 9.47 Å². The Morgan fingerprint density at radius 1 is 1.14 bits per heavy atom. The molecule has 1 unspecified atom stereocenters. The van der Waals surface area contributed by atoms with Crippen LogP contribution in [0.25, 0.3) is 0 Å². The lowest BCUT2D eigenvalue weighted by molar-refractivity contribution is 0.0389. The summed E-state index contributed by atoms with van der Waals surface area (Å²) in [5.41, 5.74) is 0.581. The SMILES string of the molecule is CN=C(NCCN1CCOCC1)NCC1CC12CCOCC2. The van der Waals surface area contributed by atoms with E-state index >= 15 is 0 Å². The second-order valence-electron chi connectivity index (χ2n) is 6.71. The topological polar surface area (TPSA) is 58.1 Å². The number of guanidine groups is 1. The molecule has 1 saturated carbocycles. The molecule has 22 heavy (non-hydrogen) atoms. The summed E-state index contributed by atoms with van der Waals surface area (Å²) in [5, 5.41) is 6.92. The first kappa shape index (κ1) is 16.0. The third-order valence-corrected chi connectivity index (χ3v) is 5.41. The van der Waals surface area contributed by atoms with Gasteiger partial charge in [-0.3, -0.25) is 9.89 Å². The Kier molecular flexibility index (Phi) is 5.55. The van der Waals surface area contributed by atoms with Gasteiger partial charge in [-0.1, -0.05) is 0 Å². The van der Waals surface area contributed by atoms with E-state index in [0.29, 0.717) is 5.41 Å². The maximum atomic E-state index is 5.48. The molecule has 1 spiro atoms. The summed E-state index contributed by atoms with van der Waals surface area (Å²) >= 11 is 0. The van der Waals surface area contributed by atoms with Crippen LogP contribution in [-0.4, -0.2) is 77.1 Å². The van der Waals surface area contributed by atoms with Gasteiger partial charge >= 0.3 is 0 Å². The van der Waals surface area contributed by atoms with Crippen molar-refractivity contribution in [3.63, 3.8) is 0 Å². The van der Waals surface area contributed by atoms with Gasteiger partial charge in [0.05, 0.1) is 13.2 Å². The Morgan fingerprint density at radius 3 is 2.59 bits per heavy atom. The van der Waals surface area contributed by atoms with Gasteiger partial charge in [0.15, 0.2) is 5.96 Å². The molecule has 2 heterocycles. The second-order valence-corrected chi connectivity index (χ2v) is 6.71. The monoisotopic (exact) mass is 310 g/mol. The highest BCUT2D eigenvalue weighted by atomic mass is 16.5. The number of nitrogens with zero attached hydrogens (tertiary/aromatic N) is 2. The van der Waals surface area contributed by atoms with E-state index in [-0.39, 0.29) is 0 Å². The highest BCUT2D eigenvalue weighted by Crippen LogP contribution is 2.58. The second kappa shape index (κ2) is 7.62. The van der Waals surface area contributed by atoms with Crippen molar-refractivity contribution >= 4 is 5.96 Å². The smallest absolute Gasteiger partial charge is 0.191 e. The van der Waals surface area contributed by atoms with Gasteiger partial charge in [0, 0.05) is 53.0 Å². The van der Waals surface area contributed by atoms with Crippen LogP contribution in [0.2, 0.25) is 0 Å². The molecular weight excluding hydrogens is 280 g/mol. The summed E-state index contributed by atoms with van der Waals surface area (Å²) in [4.78, 5) is 6.76. The summed E-state index contributed by atoms with van der Waals surface area (Å²) in [6, 6.07) is 0. The van der Waals surface area contributed by atoms with Crippen molar-refractivity contribution in [3.8, 4) is 0 Å². The predicted molar refractivity (Wildman–Crippen MR) is 87.2 cm³/mol. The minimum absolute atomic E-state index is 0.581. The van der Waals surface area contributed by atoms with Gasteiger partial charge in [-0.25, -0.2) is 0 Å². The van der Waals surface area contributed by atoms with E-state index in [0.717, 1.165) is 71.0 Å². The van der Waals surface area contributed by atoms with Crippen molar-refractivity contribution in [2.24, 2.45) is 16.3 Å². The summed E-state index contributed by atoms with van der Waals surface area (Å²) in [7, 11) is 1.85. The Morgan fingerprint density at radius 2 is 1.86 bits per heavy atom. The van der Waals surface area contributed by atoms with Crippen molar-refractivity contribution in [2.75, 3.05) is 66.2 Å². The minimum atomic E-state index is 0.581. The first-order valence-corrected chi connectivity index (χ1v) is 8.65. The number of aliphatic imine (C=N–C) groups is 1. The molecule has 126 valence electrons. The largest absolute Gasteiger partial charge is 0.381 e. The molecule has 3 fully saturated rings. The van der Waals surface area contributed by atoms with Gasteiger partial charge in [-0.2, -0.15) is 0 Å². The quantitative estimate of drug-likeness (QED) is 0.565. The molecule has 0 aromatic heterocycles. The van der Waals surface area contributed by atoms with Crippen molar-refractivity contribution in [1.82, 2.24) is 15.5 Å². The fourth-order valence-corrected chi connectivity index (χ4v) is 3.71. The van der Waals surface area contributed by atoms with Gasteiger partial charge < -0.3 is 20.1 Å². The number of rotatable bonds is 5. The molecule has 3 aliphatic rings. The van der Waals surface area contributed by atoms with Crippen LogP contribution >= 0.6 is 0 Å². The Labute approximate surface area is 133 Å². The van der Waals surface area contributed by atoms with E-state index in [9.17, 15) is 0 Å². The van der Waals surface area contributed by atoms with Crippen molar-refractivity contribution in [2.45, 2.75) is 19.3 Å². The number of ether oxygens (including phenoxy) is 2. The van der Waals surface area contributed by atoms with E-state index < -0.39 is 0 Å². The highest BCUT2D eigenvalue weighted by Gasteiger charge is 2.53. The molecule has 0 amide bonds. The predicted octanol–water partition coefficient (Wildman–Crippen LogP) is 0.300. The van der Waals surface area contributed by atoms with Crippen LogP contribution in [0.15, 0.2) is 4.99 Å². The number of nitrogens with one attached hydrogen (secondary N) is 2. The van der Waals surface area contributed by atoms with Gasteiger partial charge in [-0.05, 0) is 30.6 Å². The third kappa shape index (κ3) is 4.12. The highest BCUT2D eigenvalue weighted by molar-refractivity contribution is 5.79. The van der Waals surface area contributed by atoms with Crippen LogP contribution in [-0.2, 0) is 9.47 Å². The van der Waals surface area contributed by atoms with Crippen LogP contribution in [0, 0.1) is 11.3 Å². The maximum Gasteiger partial charge on any atom is 0.191 e. The lowest BCUT2D eigenvalue weighted by atomic mass is 9.94. The van der Waals surface area contributed by atoms with Crippen LogP contribution in [0.5, 0.6) is 0 Å². The van der Waals surface area contributed by atoms with Gasteiger partial charge in [0.2, 0.25) is 0 Å². The molecule has 0 bridgehead atoms. The summed E-state index contributed by atoms with van der Waals surface area (Å²) in [6.45, 7) is 8.73. The van der Waals surface area contributed by atoms with Crippen LogP contribution in [0.4, 0.5) is 0 Å². The maximum absolute atomic E-state index is 5.48. The number of hydrogen-bond donors (Lipinski definition) is 2.